The van der Waals surface area contributed by atoms with Gasteiger partial charge in [-0.25, -0.2) is 0 Å². The van der Waals surface area contributed by atoms with Crippen molar-refractivity contribution in [1.82, 2.24) is 0 Å². The van der Waals surface area contributed by atoms with Crippen molar-refractivity contribution in [2.45, 2.75) is 0 Å². The van der Waals surface area contributed by atoms with E-state index in [0.717, 1.165) is 0 Å². The molecule has 4 heteroatoms. The first-order valence-corrected chi connectivity index (χ1v) is 0. The standard InChI is InChI=1S/Nb.O.V.Y/q+5;-2;;+3. The van der Waals surface area contributed by atoms with E-state index in [1.165, 1.54) is 0 Å². The van der Waals surface area contributed by atoms with Crippen LogP contribution in [0.4, 0.5) is 0 Å². The van der Waals surface area contributed by atoms with Crippen molar-refractivity contribution < 1.29 is 79.1 Å². The summed E-state index contributed by atoms with van der Waals surface area (Å²) in [4.78, 5) is 0. The van der Waals surface area contributed by atoms with Crippen LogP contribution in [0.1, 0.15) is 0 Å². The van der Waals surface area contributed by atoms with E-state index in [2.05, 4.69) is 0 Å². The first kappa shape index (κ1) is 32.5. The van der Waals surface area contributed by atoms with Gasteiger partial charge in [0.15, 0.2) is 0 Å². The molecule has 0 bridgehead atoms. The van der Waals surface area contributed by atoms with Crippen LogP contribution in [0.25, 0.3) is 0 Å². The fraction of sp³-hybridized carbons (Fsp3) is 0. The molecule has 13 valence electrons. The van der Waals surface area contributed by atoms with Gasteiger partial charge in [-0.1, -0.05) is 0 Å². The van der Waals surface area contributed by atoms with E-state index in [-0.39, 0.29) is 79.1 Å². The van der Waals surface area contributed by atoms with Gasteiger partial charge in [-0.2, -0.15) is 0 Å². The van der Waals surface area contributed by atoms with Crippen molar-refractivity contribution in [2.75, 3.05) is 0 Å². The van der Waals surface area contributed by atoms with Crippen LogP contribution in [0, 0.1) is 0 Å². The summed E-state index contributed by atoms with van der Waals surface area (Å²) in [5.74, 6) is 0. The molecule has 0 N–H and O–H groups in total. The smallest absolute Gasteiger partial charge is 2.00 e. The summed E-state index contributed by atoms with van der Waals surface area (Å²) in [5, 5.41) is 0. The van der Waals surface area contributed by atoms with E-state index in [0.29, 0.717) is 0 Å². The fourth-order valence-corrected chi connectivity index (χ4v) is 0. The molecule has 0 unspecified atom stereocenters. The van der Waals surface area contributed by atoms with Crippen molar-refractivity contribution in [3.8, 4) is 0 Å². The molecule has 0 atom stereocenters. The van der Waals surface area contributed by atoms with Crippen LogP contribution in [0.5, 0.6) is 0 Å². The minimum atomic E-state index is 0. The molecule has 0 aliphatic heterocycles. The average Bonchev–Trinajstić information content (AvgIpc) is 0. The zero-order valence-electron chi connectivity index (χ0n) is 1.88. The quantitative estimate of drug-likeness (QED) is 0.535. The molecular weight excluding hydrogens is 249 g/mol. The van der Waals surface area contributed by atoms with E-state index >= 15 is 0 Å². The maximum atomic E-state index is 0. The Morgan fingerprint density at radius 2 is 1.00 bits per heavy atom. The van der Waals surface area contributed by atoms with Gasteiger partial charge in [0.2, 0.25) is 0 Å². The molecule has 0 aromatic carbocycles. The fourth-order valence-electron chi connectivity index (χ4n) is 0. The predicted molar refractivity (Wildman–Crippen MR) is 0.686 cm³/mol. The maximum absolute atomic E-state index is 0. The normalized spacial score (nSPS) is 0. The van der Waals surface area contributed by atoms with Crippen LogP contribution >= 0.6 is 0 Å². The summed E-state index contributed by atoms with van der Waals surface area (Å²) in [7, 11) is 0. The van der Waals surface area contributed by atoms with Crippen LogP contribution in [-0.2, 0) is 79.1 Å². The van der Waals surface area contributed by atoms with Gasteiger partial charge in [-0.3, -0.25) is 0 Å². The molecule has 1 nitrogen and oxygen atoms in total. The van der Waals surface area contributed by atoms with Crippen molar-refractivity contribution in [1.29, 1.82) is 0 Å². The molecule has 4 heavy (non-hydrogen) atoms. The summed E-state index contributed by atoms with van der Waals surface area (Å²) in [5.41, 5.74) is 0. The molecule has 0 heterocycles. The summed E-state index contributed by atoms with van der Waals surface area (Å²) in [6.45, 7) is 0. The Hall–Kier alpha value is 2.39. The molecule has 0 spiro atoms. The Labute approximate surface area is 77.9 Å². The molecular formula is NbOVY+6. The predicted octanol–water partition coefficient (Wildman–Crippen LogP) is -0.126. The molecule has 0 aliphatic carbocycles. The second kappa shape index (κ2) is 18.2. The molecule has 1 radical (unpaired) electrons. The zero-order valence-corrected chi connectivity index (χ0v) is 8.31. The summed E-state index contributed by atoms with van der Waals surface area (Å²) >= 11 is 0. The van der Waals surface area contributed by atoms with Gasteiger partial charge in [-0.05, 0) is 0 Å². The Morgan fingerprint density at radius 3 is 1.00 bits per heavy atom. The molecule has 0 rings (SSSR count). The van der Waals surface area contributed by atoms with Gasteiger partial charge in [0.05, 0.1) is 0 Å². The SMILES string of the molecule is [Nb+5].[O-2].[V].[Y+3]. The Kier molecular flexibility index (Phi) is 148. The van der Waals surface area contributed by atoms with Crippen LogP contribution < -0.4 is 0 Å². The van der Waals surface area contributed by atoms with E-state index in [9.17, 15) is 0 Å². The van der Waals surface area contributed by atoms with E-state index in [1.54, 1.807) is 0 Å². The van der Waals surface area contributed by atoms with Crippen molar-refractivity contribution in [3.05, 3.63) is 0 Å². The number of hydrogen-bond donors (Lipinski definition) is 0. The number of hydrogen-bond acceptors (Lipinski definition) is 0. The monoisotopic (exact) mass is 249 g/mol. The third-order valence-corrected chi connectivity index (χ3v) is 0. The minimum absolute atomic E-state index is 0. The largest absolute Gasteiger partial charge is 5.00 e. The summed E-state index contributed by atoms with van der Waals surface area (Å²) in [6.07, 6.45) is 0. The third kappa shape index (κ3) is 8.83. The third-order valence-electron chi connectivity index (χ3n) is 0. The minimum Gasteiger partial charge on any atom is -2.00 e. The molecule has 0 saturated heterocycles. The molecule has 0 aromatic heterocycles. The van der Waals surface area contributed by atoms with Gasteiger partial charge >= 0.3 is 55.1 Å². The van der Waals surface area contributed by atoms with Gasteiger partial charge in [0, 0.05) is 18.6 Å². The first-order valence-electron chi connectivity index (χ1n) is 0. The second-order valence-electron chi connectivity index (χ2n) is 0. The molecule has 0 amide bonds. The zero-order chi connectivity index (χ0) is 0. The van der Waals surface area contributed by atoms with E-state index < -0.39 is 0 Å². The van der Waals surface area contributed by atoms with E-state index in [4.69, 9.17) is 0 Å². The topological polar surface area (TPSA) is 28.5 Å². The molecule has 0 aromatic rings. The maximum Gasteiger partial charge on any atom is 5.00 e. The molecule has 0 saturated carbocycles. The Bertz CT molecular complexity index is 8.00. The van der Waals surface area contributed by atoms with Gasteiger partial charge in [0.25, 0.3) is 0 Å². The van der Waals surface area contributed by atoms with Crippen LogP contribution in [0.3, 0.4) is 0 Å². The van der Waals surface area contributed by atoms with Crippen LogP contribution in [0.15, 0.2) is 0 Å². The Morgan fingerprint density at radius 1 is 1.00 bits per heavy atom. The Balaban J connectivity index is 0. The van der Waals surface area contributed by atoms with Gasteiger partial charge in [0.1, 0.15) is 0 Å². The van der Waals surface area contributed by atoms with E-state index in [1.807, 2.05) is 0 Å². The van der Waals surface area contributed by atoms with Gasteiger partial charge < -0.3 is 5.48 Å². The van der Waals surface area contributed by atoms with Crippen molar-refractivity contribution >= 4 is 0 Å². The summed E-state index contributed by atoms with van der Waals surface area (Å²) in [6, 6.07) is 0. The molecule has 0 aliphatic rings. The first-order chi connectivity index (χ1) is 0. The van der Waals surface area contributed by atoms with Gasteiger partial charge in [-0.15, -0.1) is 0 Å². The molecule has 0 fully saturated rings. The van der Waals surface area contributed by atoms with Crippen molar-refractivity contribution in [2.24, 2.45) is 0 Å². The van der Waals surface area contributed by atoms with Crippen LogP contribution in [-0.4, -0.2) is 0 Å². The average molecular weight is 249 g/mol. The second-order valence-corrected chi connectivity index (χ2v) is 0. The number of rotatable bonds is 0. The van der Waals surface area contributed by atoms with Crippen LogP contribution in [0.2, 0.25) is 0 Å². The summed E-state index contributed by atoms with van der Waals surface area (Å²) < 4.78 is 0. The van der Waals surface area contributed by atoms with Crippen molar-refractivity contribution in [3.63, 3.8) is 0 Å².